The monoisotopic (exact) mass is 436 g/mol. The van der Waals surface area contributed by atoms with Crippen molar-refractivity contribution in [3.05, 3.63) is 59.0 Å². The Bertz CT molecular complexity index is 1100. The van der Waals surface area contributed by atoms with E-state index in [4.69, 9.17) is 9.26 Å². The standard InChI is InChI=1S/C26H29FN2O3/c27-21-5-8-24-25(17-21)32-28-26(24)19-9-12-29(13-10-19)11-1-2-14-31-23-7-4-18-3-6-22(30)15-20(18)16-23/h4-5,7-8,16-17,19H,1-3,6,9-15H2. The van der Waals surface area contributed by atoms with E-state index in [0.29, 0.717) is 36.7 Å². The van der Waals surface area contributed by atoms with Crippen molar-refractivity contribution in [1.29, 1.82) is 0 Å². The lowest BCUT2D eigenvalue weighted by atomic mass is 9.91. The second-order valence-corrected chi connectivity index (χ2v) is 9.03. The summed E-state index contributed by atoms with van der Waals surface area (Å²) in [6.07, 6.45) is 6.27. The van der Waals surface area contributed by atoms with Gasteiger partial charge in [0.1, 0.15) is 17.3 Å². The van der Waals surface area contributed by atoms with Gasteiger partial charge < -0.3 is 14.2 Å². The Kier molecular flexibility index (Phi) is 6.21. The van der Waals surface area contributed by atoms with Crippen molar-refractivity contribution in [3.8, 4) is 5.75 Å². The second kappa shape index (κ2) is 9.41. The summed E-state index contributed by atoms with van der Waals surface area (Å²) >= 11 is 0. The molecule has 0 bridgehead atoms. The number of likely N-dealkylation sites (tertiary alicyclic amines) is 1. The summed E-state index contributed by atoms with van der Waals surface area (Å²) in [6.45, 7) is 3.85. The van der Waals surface area contributed by atoms with Gasteiger partial charge >= 0.3 is 0 Å². The van der Waals surface area contributed by atoms with Crippen LogP contribution in [0.3, 0.4) is 0 Å². The van der Waals surface area contributed by atoms with Crippen molar-refractivity contribution < 1.29 is 18.4 Å². The molecule has 168 valence electrons. The third-order valence-electron chi connectivity index (χ3n) is 6.81. The lowest BCUT2D eigenvalue weighted by molar-refractivity contribution is -0.118. The van der Waals surface area contributed by atoms with Gasteiger partial charge in [-0.05, 0) is 87.1 Å². The zero-order valence-corrected chi connectivity index (χ0v) is 18.3. The van der Waals surface area contributed by atoms with Crippen molar-refractivity contribution in [2.45, 2.75) is 50.9 Å². The molecule has 1 aromatic heterocycles. The zero-order valence-electron chi connectivity index (χ0n) is 18.3. The molecule has 2 aromatic carbocycles. The molecule has 1 fully saturated rings. The summed E-state index contributed by atoms with van der Waals surface area (Å²) in [6, 6.07) is 10.8. The number of unbranched alkanes of at least 4 members (excludes halogenated alkanes) is 1. The molecule has 6 heteroatoms. The van der Waals surface area contributed by atoms with Crippen molar-refractivity contribution in [2.24, 2.45) is 0 Å². The minimum absolute atomic E-state index is 0.291. The van der Waals surface area contributed by atoms with Gasteiger partial charge in [0.15, 0.2) is 5.58 Å². The van der Waals surface area contributed by atoms with E-state index >= 15 is 0 Å². The number of hydrogen-bond donors (Lipinski definition) is 0. The molecular formula is C26H29FN2O3. The molecule has 0 N–H and O–H groups in total. The molecule has 32 heavy (non-hydrogen) atoms. The number of fused-ring (bicyclic) bond motifs is 2. The third-order valence-corrected chi connectivity index (χ3v) is 6.81. The maximum atomic E-state index is 13.4. The highest BCUT2D eigenvalue weighted by atomic mass is 19.1. The summed E-state index contributed by atoms with van der Waals surface area (Å²) in [5.74, 6) is 1.28. The number of halogens is 1. The molecule has 2 heterocycles. The Labute approximate surface area is 187 Å². The van der Waals surface area contributed by atoms with Gasteiger partial charge in [-0.1, -0.05) is 11.2 Å². The molecule has 1 aliphatic carbocycles. The summed E-state index contributed by atoms with van der Waals surface area (Å²) in [4.78, 5) is 14.2. The number of ether oxygens (including phenoxy) is 1. The third kappa shape index (κ3) is 4.70. The van der Waals surface area contributed by atoms with E-state index in [2.05, 4.69) is 16.1 Å². The average Bonchev–Trinajstić information content (AvgIpc) is 3.22. The molecule has 0 amide bonds. The average molecular weight is 437 g/mol. The number of carbonyl (C=O) groups excluding carboxylic acids is 1. The lowest BCUT2D eigenvalue weighted by Crippen LogP contribution is -2.34. The fourth-order valence-electron chi connectivity index (χ4n) is 4.96. The Morgan fingerprint density at radius 2 is 1.94 bits per heavy atom. The van der Waals surface area contributed by atoms with Crippen molar-refractivity contribution in [1.82, 2.24) is 10.1 Å². The van der Waals surface area contributed by atoms with Gasteiger partial charge in [0.2, 0.25) is 0 Å². The Morgan fingerprint density at radius 1 is 1.06 bits per heavy atom. The second-order valence-electron chi connectivity index (χ2n) is 9.03. The first kappa shape index (κ1) is 21.1. The van der Waals surface area contributed by atoms with Crippen LogP contribution in [0.25, 0.3) is 11.0 Å². The van der Waals surface area contributed by atoms with Crippen LogP contribution in [0.5, 0.6) is 5.75 Å². The Balaban J connectivity index is 1.03. The van der Waals surface area contributed by atoms with E-state index in [1.54, 1.807) is 6.07 Å². The minimum atomic E-state index is -0.291. The van der Waals surface area contributed by atoms with Crippen LogP contribution in [0.4, 0.5) is 4.39 Å². The van der Waals surface area contributed by atoms with E-state index in [1.165, 1.54) is 17.7 Å². The fraction of sp³-hybridized carbons (Fsp3) is 0.462. The molecule has 0 radical (unpaired) electrons. The largest absolute Gasteiger partial charge is 0.494 e. The van der Waals surface area contributed by atoms with Crippen LogP contribution in [0.15, 0.2) is 40.9 Å². The first-order valence-corrected chi connectivity index (χ1v) is 11.7. The number of carbonyl (C=O) groups is 1. The SMILES string of the molecule is O=C1CCc2ccc(OCCCCN3CCC(c4noc5cc(F)ccc45)CC3)cc2C1. The van der Waals surface area contributed by atoms with Gasteiger partial charge in [-0.3, -0.25) is 4.79 Å². The van der Waals surface area contributed by atoms with Crippen LogP contribution in [0, 0.1) is 5.82 Å². The number of aromatic nitrogens is 1. The Morgan fingerprint density at radius 3 is 2.81 bits per heavy atom. The molecule has 0 spiro atoms. The van der Waals surface area contributed by atoms with Gasteiger partial charge in [-0.25, -0.2) is 4.39 Å². The number of aryl methyl sites for hydroxylation is 1. The lowest BCUT2D eigenvalue weighted by Gasteiger charge is -2.31. The predicted octanol–water partition coefficient (Wildman–Crippen LogP) is 5.06. The van der Waals surface area contributed by atoms with Crippen molar-refractivity contribution in [3.63, 3.8) is 0 Å². The highest BCUT2D eigenvalue weighted by Crippen LogP contribution is 2.33. The Hall–Kier alpha value is -2.73. The topological polar surface area (TPSA) is 55.6 Å². The summed E-state index contributed by atoms with van der Waals surface area (Å²) < 4.78 is 24.7. The molecule has 5 rings (SSSR count). The van der Waals surface area contributed by atoms with Crippen LogP contribution in [-0.2, 0) is 17.6 Å². The molecule has 3 aromatic rings. The van der Waals surface area contributed by atoms with E-state index < -0.39 is 0 Å². The van der Waals surface area contributed by atoms with Gasteiger partial charge in [0.05, 0.1) is 12.3 Å². The van der Waals surface area contributed by atoms with Crippen LogP contribution < -0.4 is 4.74 Å². The maximum absolute atomic E-state index is 13.4. The molecule has 1 saturated heterocycles. The number of piperidine rings is 1. The molecule has 0 atom stereocenters. The number of Topliss-reactive ketones (excluding diaryl/α,β-unsaturated/α-hetero) is 1. The molecule has 2 aliphatic rings. The molecular weight excluding hydrogens is 407 g/mol. The van der Waals surface area contributed by atoms with Gasteiger partial charge in [-0.15, -0.1) is 0 Å². The van der Waals surface area contributed by atoms with E-state index in [1.807, 2.05) is 12.1 Å². The van der Waals surface area contributed by atoms with Crippen LogP contribution in [0.1, 0.15) is 54.8 Å². The summed E-state index contributed by atoms with van der Waals surface area (Å²) in [7, 11) is 0. The molecule has 0 unspecified atom stereocenters. The van der Waals surface area contributed by atoms with Gasteiger partial charge in [-0.2, -0.15) is 0 Å². The van der Waals surface area contributed by atoms with E-state index in [9.17, 15) is 9.18 Å². The molecule has 5 nitrogen and oxygen atoms in total. The van der Waals surface area contributed by atoms with Gasteiger partial charge in [0, 0.05) is 30.2 Å². The van der Waals surface area contributed by atoms with Crippen molar-refractivity contribution in [2.75, 3.05) is 26.2 Å². The fourth-order valence-corrected chi connectivity index (χ4v) is 4.96. The van der Waals surface area contributed by atoms with E-state index in [-0.39, 0.29) is 5.82 Å². The highest BCUT2D eigenvalue weighted by Gasteiger charge is 2.25. The van der Waals surface area contributed by atoms with Gasteiger partial charge in [0.25, 0.3) is 0 Å². The predicted molar refractivity (Wildman–Crippen MR) is 121 cm³/mol. The zero-order chi connectivity index (χ0) is 21.9. The first-order valence-electron chi connectivity index (χ1n) is 11.7. The molecule has 1 aliphatic heterocycles. The van der Waals surface area contributed by atoms with Crippen LogP contribution in [-0.4, -0.2) is 42.1 Å². The highest BCUT2D eigenvalue weighted by molar-refractivity contribution is 5.83. The normalized spacial score (nSPS) is 17.6. The quantitative estimate of drug-likeness (QED) is 0.485. The summed E-state index contributed by atoms with van der Waals surface area (Å²) in [5, 5.41) is 5.17. The maximum Gasteiger partial charge on any atom is 0.170 e. The minimum Gasteiger partial charge on any atom is -0.494 e. The number of rotatable bonds is 7. The first-order chi connectivity index (χ1) is 15.7. The van der Waals surface area contributed by atoms with Crippen molar-refractivity contribution >= 4 is 16.8 Å². The number of ketones is 1. The number of hydrogen-bond acceptors (Lipinski definition) is 5. The van der Waals surface area contributed by atoms with Crippen LogP contribution in [0.2, 0.25) is 0 Å². The smallest absolute Gasteiger partial charge is 0.170 e. The van der Waals surface area contributed by atoms with Crippen LogP contribution >= 0.6 is 0 Å². The summed E-state index contributed by atoms with van der Waals surface area (Å²) in [5.41, 5.74) is 3.92. The van der Waals surface area contributed by atoms with E-state index in [0.717, 1.165) is 74.1 Å². The molecule has 0 saturated carbocycles. The number of benzene rings is 2. The number of nitrogens with zero attached hydrogens (tertiary/aromatic N) is 2.